The zero-order chi connectivity index (χ0) is 20.7. The highest BCUT2D eigenvalue weighted by Gasteiger charge is 2.50. The summed E-state index contributed by atoms with van der Waals surface area (Å²) in [5.74, 6) is 0. The smallest absolute Gasteiger partial charge is 0.187 e. The van der Waals surface area contributed by atoms with E-state index in [0.717, 1.165) is 0 Å². The first-order chi connectivity index (χ1) is 12.7. The van der Waals surface area contributed by atoms with Crippen LogP contribution in [0.4, 0.5) is 0 Å². The molecule has 0 aromatic heterocycles. The van der Waals surface area contributed by atoms with Crippen molar-refractivity contribution in [2.75, 3.05) is 13.2 Å². The summed E-state index contributed by atoms with van der Waals surface area (Å²) in [6.07, 6.45) is -12.9. The predicted octanol–water partition coefficient (Wildman–Crippen LogP) is -3.59. The summed E-state index contributed by atoms with van der Waals surface area (Å²) < 4.78 is 15.3. The van der Waals surface area contributed by atoms with Crippen LogP contribution >= 0.6 is 0 Å². The normalized spacial score (nSPS) is 45.1. The van der Waals surface area contributed by atoms with Crippen LogP contribution in [-0.4, -0.2) is 115 Å². The Morgan fingerprint density at radius 2 is 1.22 bits per heavy atom. The maximum atomic E-state index is 9.94. The molecule has 0 spiro atoms. The molecule has 2 rings (SSSR count). The number of hydrogen-bond acceptors (Lipinski definition) is 11. The Hall–Kier alpha value is -0.440. The molecule has 0 amide bonds. The van der Waals surface area contributed by atoms with Crippen molar-refractivity contribution in [2.24, 2.45) is 0 Å². The number of aliphatic hydroxyl groups excluding tert-OH is 8. The summed E-state index contributed by atoms with van der Waals surface area (Å²) in [6.45, 7) is 3.02. The van der Waals surface area contributed by atoms with Crippen LogP contribution in [0.3, 0.4) is 0 Å². The molecule has 8 N–H and O–H groups in total. The molecule has 0 aliphatic carbocycles. The van der Waals surface area contributed by atoms with Gasteiger partial charge in [-0.2, -0.15) is 0 Å². The van der Waals surface area contributed by atoms with E-state index >= 15 is 0 Å². The van der Waals surface area contributed by atoms with Crippen LogP contribution in [0.5, 0.6) is 0 Å². The number of rotatable bonds is 5. The Balaban J connectivity index is 0.000000828. The fraction of sp³-hybridized carbons (Fsp3) is 1.00. The molecule has 27 heavy (non-hydrogen) atoms. The average molecular weight is 400 g/mol. The van der Waals surface area contributed by atoms with Gasteiger partial charge in [-0.05, 0) is 0 Å². The SMILES string of the molecule is CCCC.OC[C@H]1O[C@@H](O[C@H]2[C@H](O)[C@@H](O)[C@@H](O)O[C@@H]2CO)[C@H](O)[C@@H](O)[C@H]1O. The van der Waals surface area contributed by atoms with Gasteiger partial charge in [0.2, 0.25) is 0 Å². The summed E-state index contributed by atoms with van der Waals surface area (Å²) in [5, 5.41) is 76.5. The first-order valence-electron chi connectivity index (χ1n) is 8.99. The lowest BCUT2D eigenvalue weighted by atomic mass is 9.97. The molecule has 0 aromatic carbocycles. The van der Waals surface area contributed by atoms with Crippen molar-refractivity contribution in [3.8, 4) is 0 Å². The second-order valence-corrected chi connectivity index (χ2v) is 6.53. The van der Waals surface area contributed by atoms with Gasteiger partial charge < -0.3 is 55.1 Å². The molecule has 10 atom stereocenters. The lowest BCUT2D eigenvalue weighted by Crippen LogP contribution is -2.64. The highest BCUT2D eigenvalue weighted by Crippen LogP contribution is 2.28. The van der Waals surface area contributed by atoms with Gasteiger partial charge in [0.15, 0.2) is 12.6 Å². The second-order valence-electron chi connectivity index (χ2n) is 6.53. The van der Waals surface area contributed by atoms with Gasteiger partial charge >= 0.3 is 0 Å². The van der Waals surface area contributed by atoms with Crippen molar-refractivity contribution in [2.45, 2.75) is 88.1 Å². The molecular formula is C16H32O11. The van der Waals surface area contributed by atoms with E-state index in [9.17, 15) is 35.7 Å². The summed E-state index contributed by atoms with van der Waals surface area (Å²) >= 11 is 0. The quantitative estimate of drug-likeness (QED) is 0.228. The molecule has 2 aliphatic heterocycles. The van der Waals surface area contributed by atoms with E-state index in [1.165, 1.54) is 12.8 Å². The van der Waals surface area contributed by atoms with Gasteiger partial charge in [-0.25, -0.2) is 0 Å². The molecule has 0 aromatic rings. The molecule has 2 saturated heterocycles. The highest BCUT2D eigenvalue weighted by atomic mass is 16.7. The number of ether oxygens (including phenoxy) is 3. The van der Waals surface area contributed by atoms with Crippen molar-refractivity contribution >= 4 is 0 Å². The maximum absolute atomic E-state index is 9.94. The minimum atomic E-state index is -1.74. The first kappa shape index (κ1) is 24.6. The molecule has 0 bridgehead atoms. The minimum absolute atomic E-state index is 0.667. The summed E-state index contributed by atoms with van der Waals surface area (Å²) in [5.41, 5.74) is 0. The van der Waals surface area contributed by atoms with Crippen LogP contribution in [0.2, 0.25) is 0 Å². The third-order valence-electron chi connectivity index (χ3n) is 4.48. The monoisotopic (exact) mass is 400 g/mol. The lowest BCUT2D eigenvalue weighted by molar-refractivity contribution is -0.355. The molecule has 0 unspecified atom stereocenters. The molecule has 0 radical (unpaired) electrons. The molecule has 0 saturated carbocycles. The van der Waals surface area contributed by atoms with Crippen LogP contribution in [-0.2, 0) is 14.2 Å². The third kappa shape index (κ3) is 6.02. The largest absolute Gasteiger partial charge is 0.394 e. The Kier molecular flexibility index (Phi) is 10.5. The summed E-state index contributed by atoms with van der Waals surface area (Å²) in [4.78, 5) is 0. The summed E-state index contributed by atoms with van der Waals surface area (Å²) in [6, 6.07) is 0. The molecule has 2 heterocycles. The van der Waals surface area contributed by atoms with E-state index in [0.29, 0.717) is 0 Å². The molecule has 2 aliphatic rings. The van der Waals surface area contributed by atoms with E-state index in [4.69, 9.17) is 19.3 Å². The predicted molar refractivity (Wildman–Crippen MR) is 89.2 cm³/mol. The van der Waals surface area contributed by atoms with Crippen LogP contribution < -0.4 is 0 Å². The Morgan fingerprint density at radius 3 is 1.70 bits per heavy atom. The fourth-order valence-corrected chi connectivity index (χ4v) is 2.57. The Bertz CT molecular complexity index is 406. The van der Waals surface area contributed by atoms with Gasteiger partial charge in [-0.3, -0.25) is 0 Å². The molecular weight excluding hydrogens is 368 g/mol. The maximum Gasteiger partial charge on any atom is 0.187 e. The highest BCUT2D eigenvalue weighted by molar-refractivity contribution is 4.93. The fourth-order valence-electron chi connectivity index (χ4n) is 2.57. The van der Waals surface area contributed by atoms with Crippen molar-refractivity contribution in [3.63, 3.8) is 0 Å². The van der Waals surface area contributed by atoms with E-state index in [2.05, 4.69) is 13.8 Å². The second kappa shape index (κ2) is 11.5. The first-order valence-corrected chi connectivity index (χ1v) is 8.99. The number of hydrogen-bond donors (Lipinski definition) is 8. The molecule has 11 nitrogen and oxygen atoms in total. The van der Waals surface area contributed by atoms with E-state index in [-0.39, 0.29) is 0 Å². The van der Waals surface area contributed by atoms with Gasteiger partial charge in [0.25, 0.3) is 0 Å². The number of aliphatic hydroxyl groups is 8. The van der Waals surface area contributed by atoms with Gasteiger partial charge in [0, 0.05) is 0 Å². The van der Waals surface area contributed by atoms with Crippen molar-refractivity contribution < 1.29 is 55.1 Å². The zero-order valence-corrected chi connectivity index (χ0v) is 15.4. The Morgan fingerprint density at radius 1 is 0.667 bits per heavy atom. The Labute approximate surface area is 157 Å². The van der Waals surface area contributed by atoms with Gasteiger partial charge in [-0.15, -0.1) is 0 Å². The topological polar surface area (TPSA) is 190 Å². The lowest BCUT2D eigenvalue weighted by Gasteiger charge is -2.45. The number of unbranched alkanes of at least 4 members (excludes halogenated alkanes) is 1. The van der Waals surface area contributed by atoms with E-state index < -0.39 is 74.6 Å². The van der Waals surface area contributed by atoms with Crippen molar-refractivity contribution in [1.82, 2.24) is 0 Å². The van der Waals surface area contributed by atoms with Crippen LogP contribution in [0.1, 0.15) is 26.7 Å². The van der Waals surface area contributed by atoms with Crippen LogP contribution in [0.15, 0.2) is 0 Å². The minimum Gasteiger partial charge on any atom is -0.394 e. The van der Waals surface area contributed by atoms with Gasteiger partial charge in [0.05, 0.1) is 13.2 Å². The van der Waals surface area contributed by atoms with Crippen LogP contribution in [0.25, 0.3) is 0 Å². The standard InChI is InChI=1S/C12H22O11.C4H10/c13-1-3-5(15)6(16)9(19)12(22-3)23-10-4(2-14)21-11(20)8(18)7(10)17;1-3-4-2/h3-20H,1-2H2;3-4H2,1-2H3/t3-,4-,5+,6+,7-,8-,9-,10-,11+,12+;/m1./s1. The molecule has 11 heteroatoms. The van der Waals surface area contributed by atoms with Gasteiger partial charge in [-0.1, -0.05) is 26.7 Å². The van der Waals surface area contributed by atoms with Gasteiger partial charge in [0.1, 0.15) is 48.8 Å². The third-order valence-corrected chi connectivity index (χ3v) is 4.48. The molecule has 2 fully saturated rings. The molecule has 162 valence electrons. The van der Waals surface area contributed by atoms with Crippen LogP contribution in [0, 0.1) is 0 Å². The van der Waals surface area contributed by atoms with Crippen molar-refractivity contribution in [3.05, 3.63) is 0 Å². The zero-order valence-electron chi connectivity index (χ0n) is 15.4. The van der Waals surface area contributed by atoms with Crippen molar-refractivity contribution in [1.29, 1.82) is 0 Å². The van der Waals surface area contributed by atoms with E-state index in [1.807, 2.05) is 0 Å². The average Bonchev–Trinajstić information content (AvgIpc) is 2.68. The summed E-state index contributed by atoms with van der Waals surface area (Å²) in [7, 11) is 0. The van der Waals surface area contributed by atoms with E-state index in [1.54, 1.807) is 0 Å².